The number of nitrogens with zero attached hydrogens (tertiary/aromatic N) is 1. The monoisotopic (exact) mass is 282 g/mol. The maximum Gasteiger partial charge on any atom is 0.208 e. The van der Waals surface area contributed by atoms with Crippen LogP contribution in [0.25, 0.3) is 0 Å². The van der Waals surface area contributed by atoms with Gasteiger partial charge in [0.15, 0.2) is 0 Å². The van der Waals surface area contributed by atoms with Crippen LogP contribution in [0.2, 0.25) is 5.02 Å². The van der Waals surface area contributed by atoms with E-state index in [9.17, 15) is 4.39 Å². The molecule has 5 heteroatoms. The normalized spacial score (nSPS) is 12.7. The lowest BCUT2D eigenvalue weighted by Gasteiger charge is -2.13. The van der Waals surface area contributed by atoms with Crippen LogP contribution >= 0.6 is 11.6 Å². The quantitative estimate of drug-likeness (QED) is 0.923. The van der Waals surface area contributed by atoms with Crippen LogP contribution in [0.3, 0.4) is 0 Å². The first-order chi connectivity index (χ1) is 8.97. The second-order valence-corrected chi connectivity index (χ2v) is 4.93. The minimum absolute atomic E-state index is 0.0146. The Morgan fingerprint density at radius 3 is 2.74 bits per heavy atom. The number of oxazole rings is 1. The average molecular weight is 283 g/mol. The van der Waals surface area contributed by atoms with E-state index in [-0.39, 0.29) is 11.1 Å². The smallest absolute Gasteiger partial charge is 0.208 e. The summed E-state index contributed by atoms with van der Waals surface area (Å²) >= 11 is 5.66. The molecule has 1 heterocycles. The number of aromatic nitrogens is 1. The molecule has 2 rings (SSSR count). The van der Waals surface area contributed by atoms with Crippen LogP contribution in [0.4, 0.5) is 4.39 Å². The molecule has 1 aromatic heterocycles. The van der Waals surface area contributed by atoms with Crippen molar-refractivity contribution in [2.24, 2.45) is 0 Å². The molecule has 0 saturated carbocycles. The van der Waals surface area contributed by atoms with Crippen LogP contribution in [0, 0.1) is 19.7 Å². The number of aryl methyl sites for hydroxylation is 2. The molecule has 0 bridgehead atoms. The molecule has 1 aromatic carbocycles. The second-order valence-electron chi connectivity index (χ2n) is 4.53. The summed E-state index contributed by atoms with van der Waals surface area (Å²) in [6.45, 7) is 6.23. The van der Waals surface area contributed by atoms with Crippen molar-refractivity contribution in [2.75, 3.05) is 0 Å². The molecule has 0 aliphatic rings. The van der Waals surface area contributed by atoms with Crippen LogP contribution in [0.5, 0.6) is 0 Å². The van der Waals surface area contributed by atoms with Crippen LogP contribution < -0.4 is 5.32 Å². The summed E-state index contributed by atoms with van der Waals surface area (Å²) in [6.07, 6.45) is 0. The van der Waals surface area contributed by atoms with Crippen LogP contribution in [0.15, 0.2) is 22.6 Å². The standard InChI is InChI=1S/C14H16ClFN2O/c1-8-10(3)19-14(18-8)7-17-9(2)11-4-5-12(15)13(16)6-11/h4-6,9,17H,7H2,1-3H3. The number of hydrogen-bond donors (Lipinski definition) is 1. The highest BCUT2D eigenvalue weighted by Gasteiger charge is 2.10. The lowest BCUT2D eigenvalue weighted by Crippen LogP contribution is -2.18. The summed E-state index contributed by atoms with van der Waals surface area (Å²) in [5, 5.41) is 3.37. The van der Waals surface area contributed by atoms with Crippen molar-refractivity contribution in [1.82, 2.24) is 10.3 Å². The van der Waals surface area contributed by atoms with Crippen molar-refractivity contribution in [2.45, 2.75) is 33.4 Å². The Kier molecular flexibility index (Phi) is 4.22. The van der Waals surface area contributed by atoms with Gasteiger partial charge in [-0.25, -0.2) is 9.37 Å². The Morgan fingerprint density at radius 2 is 2.16 bits per heavy atom. The molecule has 0 fully saturated rings. The summed E-state index contributed by atoms with van der Waals surface area (Å²) in [6, 6.07) is 4.78. The largest absolute Gasteiger partial charge is 0.444 e. The summed E-state index contributed by atoms with van der Waals surface area (Å²) in [4.78, 5) is 4.28. The van der Waals surface area contributed by atoms with Crippen molar-refractivity contribution in [3.63, 3.8) is 0 Å². The van der Waals surface area contributed by atoms with E-state index < -0.39 is 5.82 Å². The number of halogens is 2. The topological polar surface area (TPSA) is 38.1 Å². The van der Waals surface area contributed by atoms with E-state index in [1.165, 1.54) is 6.07 Å². The van der Waals surface area contributed by atoms with Crippen LogP contribution in [-0.4, -0.2) is 4.98 Å². The van der Waals surface area contributed by atoms with E-state index in [2.05, 4.69) is 10.3 Å². The predicted octanol–water partition coefficient (Wildman–Crippen LogP) is 3.93. The van der Waals surface area contributed by atoms with Gasteiger partial charge in [0.05, 0.1) is 17.3 Å². The third kappa shape index (κ3) is 3.33. The van der Waals surface area contributed by atoms with Gasteiger partial charge in [-0.1, -0.05) is 17.7 Å². The Bertz CT molecular complexity index is 563. The average Bonchev–Trinajstić information content (AvgIpc) is 2.69. The fourth-order valence-electron chi connectivity index (χ4n) is 1.75. The van der Waals surface area contributed by atoms with Crippen molar-refractivity contribution in [1.29, 1.82) is 0 Å². The van der Waals surface area contributed by atoms with E-state index in [1.807, 2.05) is 20.8 Å². The lowest BCUT2D eigenvalue weighted by atomic mass is 10.1. The summed E-state index contributed by atoms with van der Waals surface area (Å²) in [7, 11) is 0. The third-order valence-electron chi connectivity index (χ3n) is 3.08. The van der Waals surface area contributed by atoms with Crippen LogP contribution in [-0.2, 0) is 6.54 Å². The van der Waals surface area contributed by atoms with Gasteiger partial charge in [-0.15, -0.1) is 0 Å². The van der Waals surface area contributed by atoms with Crippen molar-refractivity contribution in [3.8, 4) is 0 Å². The van der Waals surface area contributed by atoms with E-state index in [1.54, 1.807) is 12.1 Å². The molecule has 0 spiro atoms. The van der Waals surface area contributed by atoms with Gasteiger partial charge in [0.25, 0.3) is 0 Å². The molecule has 0 amide bonds. The molecule has 2 aromatic rings. The molecule has 0 aliphatic heterocycles. The Balaban J connectivity index is 2.00. The highest BCUT2D eigenvalue weighted by molar-refractivity contribution is 6.30. The minimum atomic E-state index is -0.407. The number of nitrogens with one attached hydrogen (secondary N) is 1. The van der Waals surface area contributed by atoms with Gasteiger partial charge >= 0.3 is 0 Å². The molecule has 1 atom stereocenters. The predicted molar refractivity (Wildman–Crippen MR) is 72.6 cm³/mol. The molecule has 0 aliphatic carbocycles. The minimum Gasteiger partial charge on any atom is -0.444 e. The first kappa shape index (κ1) is 14.0. The van der Waals surface area contributed by atoms with E-state index in [4.69, 9.17) is 16.0 Å². The summed E-state index contributed by atoms with van der Waals surface area (Å²) in [5.41, 5.74) is 1.73. The molecule has 0 radical (unpaired) electrons. The van der Waals surface area contributed by atoms with Gasteiger partial charge in [0.2, 0.25) is 5.89 Å². The highest BCUT2D eigenvalue weighted by Crippen LogP contribution is 2.20. The molecule has 102 valence electrons. The number of hydrogen-bond acceptors (Lipinski definition) is 3. The Labute approximate surface area is 116 Å². The zero-order valence-corrected chi connectivity index (χ0v) is 11.9. The maximum absolute atomic E-state index is 13.4. The fraction of sp³-hybridized carbons (Fsp3) is 0.357. The van der Waals surface area contributed by atoms with Gasteiger partial charge < -0.3 is 9.73 Å². The lowest BCUT2D eigenvalue weighted by molar-refractivity contribution is 0.431. The van der Waals surface area contributed by atoms with E-state index >= 15 is 0 Å². The summed E-state index contributed by atoms with van der Waals surface area (Å²) in [5.74, 6) is 1.05. The first-order valence-electron chi connectivity index (χ1n) is 6.08. The van der Waals surface area contributed by atoms with Gasteiger partial charge in [0, 0.05) is 6.04 Å². The van der Waals surface area contributed by atoms with Crippen molar-refractivity contribution in [3.05, 3.63) is 51.9 Å². The maximum atomic E-state index is 13.4. The second kappa shape index (κ2) is 5.72. The molecule has 0 saturated heterocycles. The highest BCUT2D eigenvalue weighted by atomic mass is 35.5. The number of rotatable bonds is 4. The van der Waals surface area contributed by atoms with Gasteiger partial charge in [0.1, 0.15) is 11.6 Å². The Hall–Kier alpha value is -1.39. The Morgan fingerprint density at radius 1 is 1.42 bits per heavy atom. The molecule has 1 unspecified atom stereocenters. The molecule has 3 nitrogen and oxygen atoms in total. The van der Waals surface area contributed by atoms with Crippen LogP contribution in [0.1, 0.15) is 35.9 Å². The molecule has 1 N–H and O–H groups in total. The fourth-order valence-corrected chi connectivity index (χ4v) is 1.87. The van der Waals surface area contributed by atoms with Gasteiger partial charge in [-0.3, -0.25) is 0 Å². The molecular formula is C14H16ClFN2O. The molecule has 19 heavy (non-hydrogen) atoms. The zero-order chi connectivity index (χ0) is 14.0. The number of benzene rings is 1. The van der Waals surface area contributed by atoms with Crippen molar-refractivity contribution < 1.29 is 8.81 Å². The zero-order valence-electron chi connectivity index (χ0n) is 11.1. The SMILES string of the molecule is Cc1nc(CNC(C)c2ccc(Cl)c(F)c2)oc1C. The summed E-state index contributed by atoms with van der Waals surface area (Å²) < 4.78 is 18.8. The van der Waals surface area contributed by atoms with Crippen molar-refractivity contribution >= 4 is 11.6 Å². The van der Waals surface area contributed by atoms with E-state index in [0.29, 0.717) is 12.4 Å². The van der Waals surface area contributed by atoms with Gasteiger partial charge in [-0.2, -0.15) is 0 Å². The van der Waals surface area contributed by atoms with E-state index in [0.717, 1.165) is 17.0 Å². The third-order valence-corrected chi connectivity index (χ3v) is 3.38. The first-order valence-corrected chi connectivity index (χ1v) is 6.46. The van der Waals surface area contributed by atoms with Gasteiger partial charge in [-0.05, 0) is 38.5 Å². The molecular weight excluding hydrogens is 267 g/mol.